The van der Waals surface area contributed by atoms with Gasteiger partial charge in [-0.25, -0.2) is 0 Å². The highest BCUT2D eigenvalue weighted by atomic mass is 16.5. The number of carbonyl (C=O) groups excluding carboxylic acids is 1. The molecule has 138 valence electrons. The first-order chi connectivity index (χ1) is 12.1. The monoisotopic (exact) mass is 348 g/mol. The van der Waals surface area contributed by atoms with E-state index in [1.165, 1.54) is 5.56 Å². The normalized spacial score (nSPS) is 26.1. The fourth-order valence-electron chi connectivity index (χ4n) is 4.28. The highest BCUT2D eigenvalue weighted by molar-refractivity contribution is 5.77. The molecule has 0 saturated carbocycles. The molecule has 3 fully saturated rings. The zero-order valence-electron chi connectivity index (χ0n) is 15.0. The van der Waals surface area contributed by atoms with Gasteiger partial charge in [0.1, 0.15) is 6.61 Å². The number of hydrogen-bond acceptors (Lipinski definition) is 5. The topological polar surface area (TPSA) is 59.8 Å². The summed E-state index contributed by atoms with van der Waals surface area (Å²) in [7, 11) is 1.94. The molecule has 1 atom stereocenters. The Morgan fingerprint density at radius 2 is 2.20 bits per heavy atom. The van der Waals surface area contributed by atoms with E-state index in [2.05, 4.69) is 16.2 Å². The Bertz CT molecular complexity index is 605. The second-order valence-electron chi connectivity index (χ2n) is 7.71. The number of ether oxygens (including phenoxy) is 2. The minimum absolute atomic E-state index is 0.0815. The number of aryl methyl sites for hydroxylation is 1. The van der Waals surface area contributed by atoms with Crippen LogP contribution < -0.4 is 0 Å². The maximum absolute atomic E-state index is 12.1. The van der Waals surface area contributed by atoms with Crippen LogP contribution in [0.25, 0.3) is 0 Å². The van der Waals surface area contributed by atoms with Gasteiger partial charge >= 0.3 is 0 Å². The van der Waals surface area contributed by atoms with E-state index in [0.29, 0.717) is 0 Å². The van der Waals surface area contributed by atoms with Crippen molar-refractivity contribution in [3.05, 3.63) is 18.0 Å². The first-order valence-electron chi connectivity index (χ1n) is 9.35. The highest BCUT2D eigenvalue weighted by Crippen LogP contribution is 2.36. The van der Waals surface area contributed by atoms with Gasteiger partial charge in [0.15, 0.2) is 0 Å². The Hall–Kier alpha value is -1.44. The molecule has 0 aliphatic carbocycles. The SMILES string of the molecule is Cn1cc(CN2CC3(C[C@H](OCC(=O)N4CCCC4)CCO3)C2)cn1. The van der Waals surface area contributed by atoms with E-state index >= 15 is 0 Å². The summed E-state index contributed by atoms with van der Waals surface area (Å²) in [4.78, 5) is 16.5. The first-order valence-corrected chi connectivity index (χ1v) is 9.35. The summed E-state index contributed by atoms with van der Waals surface area (Å²) in [6.45, 7) is 5.51. The molecular weight excluding hydrogens is 320 g/mol. The van der Waals surface area contributed by atoms with Crippen LogP contribution in [0.4, 0.5) is 0 Å². The van der Waals surface area contributed by atoms with Crippen molar-refractivity contribution >= 4 is 5.91 Å². The molecule has 4 heterocycles. The summed E-state index contributed by atoms with van der Waals surface area (Å²) in [6.07, 6.45) is 8.14. The Morgan fingerprint density at radius 1 is 1.40 bits per heavy atom. The summed E-state index contributed by atoms with van der Waals surface area (Å²) in [5.41, 5.74) is 1.15. The van der Waals surface area contributed by atoms with Gasteiger partial charge in [0.25, 0.3) is 0 Å². The molecule has 1 aromatic heterocycles. The average Bonchev–Trinajstić information content (AvgIpc) is 3.23. The van der Waals surface area contributed by atoms with Crippen molar-refractivity contribution in [3.63, 3.8) is 0 Å². The number of hydrogen-bond donors (Lipinski definition) is 0. The number of nitrogens with zero attached hydrogens (tertiary/aromatic N) is 4. The summed E-state index contributed by atoms with van der Waals surface area (Å²) >= 11 is 0. The van der Waals surface area contributed by atoms with Crippen LogP contribution >= 0.6 is 0 Å². The largest absolute Gasteiger partial charge is 0.372 e. The summed E-state index contributed by atoms with van der Waals surface area (Å²) < 4.78 is 13.9. The van der Waals surface area contributed by atoms with Gasteiger partial charge in [0.05, 0.1) is 17.9 Å². The van der Waals surface area contributed by atoms with Gasteiger partial charge in [-0.05, 0) is 19.3 Å². The number of carbonyl (C=O) groups is 1. The van der Waals surface area contributed by atoms with Crippen LogP contribution in [-0.2, 0) is 27.9 Å². The molecule has 3 aliphatic rings. The van der Waals surface area contributed by atoms with Gasteiger partial charge in [-0.15, -0.1) is 0 Å². The molecule has 0 aromatic carbocycles. The van der Waals surface area contributed by atoms with Gasteiger partial charge in [-0.2, -0.15) is 5.10 Å². The predicted octanol–water partition coefficient (Wildman–Crippen LogP) is 0.793. The van der Waals surface area contributed by atoms with Crippen molar-refractivity contribution in [2.24, 2.45) is 7.05 Å². The van der Waals surface area contributed by atoms with E-state index in [0.717, 1.165) is 65.0 Å². The lowest BCUT2D eigenvalue weighted by molar-refractivity contribution is -0.200. The van der Waals surface area contributed by atoms with Crippen molar-refractivity contribution in [1.82, 2.24) is 19.6 Å². The molecule has 7 nitrogen and oxygen atoms in total. The molecule has 0 bridgehead atoms. The van der Waals surface area contributed by atoms with Crippen LogP contribution in [0.5, 0.6) is 0 Å². The third-order valence-electron chi connectivity index (χ3n) is 5.54. The van der Waals surface area contributed by atoms with Crippen molar-refractivity contribution in [1.29, 1.82) is 0 Å². The van der Waals surface area contributed by atoms with Crippen LogP contribution in [-0.4, -0.2) is 76.6 Å². The lowest BCUT2D eigenvalue weighted by Crippen LogP contribution is -2.65. The molecule has 0 N–H and O–H groups in total. The van der Waals surface area contributed by atoms with Gasteiger partial charge in [0.2, 0.25) is 5.91 Å². The van der Waals surface area contributed by atoms with Crippen molar-refractivity contribution < 1.29 is 14.3 Å². The van der Waals surface area contributed by atoms with E-state index in [4.69, 9.17) is 9.47 Å². The quantitative estimate of drug-likeness (QED) is 0.787. The lowest BCUT2D eigenvalue weighted by Gasteiger charge is -2.53. The number of rotatable bonds is 5. The van der Waals surface area contributed by atoms with Crippen LogP contribution in [0, 0.1) is 0 Å². The van der Waals surface area contributed by atoms with E-state index in [-0.39, 0.29) is 24.2 Å². The van der Waals surface area contributed by atoms with Crippen LogP contribution in [0.1, 0.15) is 31.2 Å². The zero-order chi connectivity index (χ0) is 17.3. The minimum Gasteiger partial charge on any atom is -0.372 e. The Kier molecular flexibility index (Phi) is 4.80. The Balaban J connectivity index is 1.22. The maximum Gasteiger partial charge on any atom is 0.248 e. The van der Waals surface area contributed by atoms with Crippen molar-refractivity contribution in [3.8, 4) is 0 Å². The fraction of sp³-hybridized carbons (Fsp3) is 0.778. The minimum atomic E-state index is -0.0815. The molecule has 25 heavy (non-hydrogen) atoms. The number of aromatic nitrogens is 2. The fourth-order valence-corrected chi connectivity index (χ4v) is 4.28. The summed E-state index contributed by atoms with van der Waals surface area (Å²) in [6, 6.07) is 0. The molecule has 0 radical (unpaired) electrons. The first kappa shape index (κ1) is 17.0. The summed E-state index contributed by atoms with van der Waals surface area (Å²) in [5.74, 6) is 0.143. The van der Waals surface area contributed by atoms with Crippen LogP contribution in [0.15, 0.2) is 12.4 Å². The zero-order valence-corrected chi connectivity index (χ0v) is 15.0. The smallest absolute Gasteiger partial charge is 0.248 e. The van der Waals surface area contributed by atoms with E-state index in [9.17, 15) is 4.79 Å². The molecule has 1 aromatic rings. The Morgan fingerprint density at radius 3 is 2.92 bits per heavy atom. The second kappa shape index (κ2) is 7.05. The third kappa shape index (κ3) is 3.88. The molecule has 7 heteroatoms. The average molecular weight is 348 g/mol. The Labute approximate surface area is 148 Å². The number of amides is 1. The van der Waals surface area contributed by atoms with Gasteiger partial charge in [-0.1, -0.05) is 0 Å². The van der Waals surface area contributed by atoms with Crippen LogP contribution in [0.2, 0.25) is 0 Å². The van der Waals surface area contributed by atoms with Gasteiger partial charge < -0.3 is 14.4 Å². The van der Waals surface area contributed by atoms with E-state index in [1.807, 2.05) is 22.8 Å². The molecular formula is C18H28N4O3. The van der Waals surface area contributed by atoms with E-state index < -0.39 is 0 Å². The molecule has 1 spiro atoms. The molecule has 3 aliphatic heterocycles. The van der Waals surface area contributed by atoms with Crippen molar-refractivity contribution in [2.75, 3.05) is 39.4 Å². The predicted molar refractivity (Wildman–Crippen MR) is 92.0 cm³/mol. The number of likely N-dealkylation sites (tertiary alicyclic amines) is 2. The van der Waals surface area contributed by atoms with Crippen molar-refractivity contribution in [2.45, 2.75) is 43.9 Å². The third-order valence-corrected chi connectivity index (χ3v) is 5.54. The standard InChI is InChI=1S/C18H28N4O3/c1-20-10-15(9-19-20)11-21-13-18(14-21)8-16(4-7-25-18)24-12-17(23)22-5-2-3-6-22/h9-10,16H,2-8,11-14H2,1H3/t16-/m1/s1. The van der Waals surface area contributed by atoms with Gasteiger partial charge in [0, 0.05) is 64.6 Å². The lowest BCUT2D eigenvalue weighted by atomic mass is 9.84. The molecule has 3 saturated heterocycles. The summed E-state index contributed by atoms with van der Waals surface area (Å²) in [5, 5.41) is 4.22. The highest BCUT2D eigenvalue weighted by Gasteiger charge is 2.47. The molecule has 1 amide bonds. The maximum atomic E-state index is 12.1. The molecule has 0 unspecified atom stereocenters. The van der Waals surface area contributed by atoms with Gasteiger partial charge in [-0.3, -0.25) is 14.4 Å². The van der Waals surface area contributed by atoms with E-state index in [1.54, 1.807) is 0 Å². The van der Waals surface area contributed by atoms with Crippen LogP contribution in [0.3, 0.4) is 0 Å². The molecule has 4 rings (SSSR count). The second-order valence-corrected chi connectivity index (χ2v) is 7.71.